The summed E-state index contributed by atoms with van der Waals surface area (Å²) in [4.78, 5) is 23.5. The van der Waals surface area contributed by atoms with Crippen molar-refractivity contribution in [2.45, 2.75) is 0 Å². The maximum atomic E-state index is 12.6. The van der Waals surface area contributed by atoms with Crippen molar-refractivity contribution in [1.82, 2.24) is 9.97 Å². The predicted molar refractivity (Wildman–Crippen MR) is 119 cm³/mol. The summed E-state index contributed by atoms with van der Waals surface area (Å²) in [7, 11) is 3.11. The smallest absolute Gasteiger partial charge is 0.263 e. The molecular weight excluding hydrogens is 412 g/mol. The van der Waals surface area contributed by atoms with Gasteiger partial charge in [-0.1, -0.05) is 0 Å². The first-order chi connectivity index (χ1) is 15.7. The summed E-state index contributed by atoms with van der Waals surface area (Å²) in [6.45, 7) is 2.73. The molecule has 1 fully saturated rings. The van der Waals surface area contributed by atoms with Crippen LogP contribution < -0.4 is 24.4 Å². The number of amides is 1. The number of carbonyl (C=O) groups is 1. The third-order valence-electron chi connectivity index (χ3n) is 4.93. The minimum absolute atomic E-state index is 0.253. The van der Waals surface area contributed by atoms with Gasteiger partial charge in [-0.15, -0.1) is 0 Å². The van der Waals surface area contributed by atoms with Gasteiger partial charge in [-0.05, 0) is 36.4 Å². The van der Waals surface area contributed by atoms with Crippen molar-refractivity contribution < 1.29 is 23.7 Å². The van der Waals surface area contributed by atoms with E-state index in [-0.39, 0.29) is 5.91 Å². The zero-order chi connectivity index (χ0) is 22.3. The quantitative estimate of drug-likeness (QED) is 0.602. The van der Waals surface area contributed by atoms with E-state index in [9.17, 15) is 4.79 Å². The molecule has 0 aliphatic carbocycles. The lowest BCUT2D eigenvalue weighted by Crippen LogP contribution is -2.37. The number of nitrogens with zero attached hydrogens (tertiary/aromatic N) is 3. The third-order valence-corrected chi connectivity index (χ3v) is 4.93. The summed E-state index contributed by atoms with van der Waals surface area (Å²) < 4.78 is 21.8. The Morgan fingerprint density at radius 2 is 1.69 bits per heavy atom. The largest absolute Gasteiger partial charge is 0.493 e. The number of morpholine rings is 1. The molecule has 9 nitrogen and oxygen atoms in total. The number of carbonyl (C=O) groups excluding carboxylic acids is 1. The van der Waals surface area contributed by atoms with Crippen molar-refractivity contribution in [3.63, 3.8) is 0 Å². The Hall–Kier alpha value is -3.85. The lowest BCUT2D eigenvalue weighted by molar-refractivity contribution is 0.102. The number of methoxy groups -OCH3 is 2. The molecule has 1 aliphatic heterocycles. The first-order valence-corrected chi connectivity index (χ1v) is 10.1. The lowest BCUT2D eigenvalue weighted by atomic mass is 10.2. The van der Waals surface area contributed by atoms with Crippen molar-refractivity contribution >= 4 is 17.4 Å². The molecular formula is C23H24N4O5. The van der Waals surface area contributed by atoms with Gasteiger partial charge in [0.2, 0.25) is 0 Å². The molecule has 4 rings (SSSR count). The van der Waals surface area contributed by atoms with E-state index in [2.05, 4.69) is 20.2 Å². The number of anilines is 2. The van der Waals surface area contributed by atoms with Crippen LogP contribution in [-0.4, -0.2) is 56.4 Å². The number of hydrogen-bond donors (Lipinski definition) is 1. The van der Waals surface area contributed by atoms with Crippen LogP contribution in [0.5, 0.6) is 23.1 Å². The average molecular weight is 436 g/mol. The minimum atomic E-state index is -0.253. The fraction of sp³-hybridized carbons (Fsp3) is 0.261. The van der Waals surface area contributed by atoms with Crippen LogP contribution in [0.4, 0.5) is 11.5 Å². The first kappa shape index (κ1) is 21.4. The highest BCUT2D eigenvalue weighted by Gasteiger charge is 2.18. The molecule has 32 heavy (non-hydrogen) atoms. The lowest BCUT2D eigenvalue weighted by Gasteiger charge is -2.28. The monoisotopic (exact) mass is 436 g/mol. The molecule has 1 saturated heterocycles. The predicted octanol–water partition coefficient (Wildman–Crippen LogP) is 3.38. The van der Waals surface area contributed by atoms with Crippen LogP contribution in [-0.2, 0) is 4.74 Å². The van der Waals surface area contributed by atoms with Crippen LogP contribution >= 0.6 is 0 Å². The van der Waals surface area contributed by atoms with Gasteiger partial charge in [-0.3, -0.25) is 4.79 Å². The molecule has 0 spiro atoms. The normalized spacial score (nSPS) is 13.4. The van der Waals surface area contributed by atoms with E-state index in [1.54, 1.807) is 69.1 Å². The second-order valence-corrected chi connectivity index (χ2v) is 6.93. The topological polar surface area (TPSA) is 95.0 Å². The van der Waals surface area contributed by atoms with Crippen molar-refractivity contribution in [3.05, 3.63) is 60.4 Å². The number of benzene rings is 2. The molecule has 1 aromatic heterocycles. The van der Waals surface area contributed by atoms with Crippen molar-refractivity contribution in [3.8, 4) is 23.1 Å². The molecule has 2 heterocycles. The van der Waals surface area contributed by atoms with Gasteiger partial charge in [-0.2, -0.15) is 0 Å². The Balaban J connectivity index is 1.44. The molecule has 0 radical (unpaired) electrons. The summed E-state index contributed by atoms with van der Waals surface area (Å²) in [6, 6.07) is 12.0. The van der Waals surface area contributed by atoms with E-state index in [4.69, 9.17) is 18.9 Å². The van der Waals surface area contributed by atoms with Gasteiger partial charge in [0.05, 0.1) is 27.4 Å². The Labute approximate surface area is 185 Å². The Bertz CT molecular complexity index is 1070. The van der Waals surface area contributed by atoms with Crippen molar-refractivity contribution in [1.29, 1.82) is 0 Å². The highest BCUT2D eigenvalue weighted by atomic mass is 16.5. The summed E-state index contributed by atoms with van der Waals surface area (Å²) in [5.74, 6) is 2.52. The van der Waals surface area contributed by atoms with E-state index >= 15 is 0 Å². The second-order valence-electron chi connectivity index (χ2n) is 6.93. The fourth-order valence-electron chi connectivity index (χ4n) is 3.29. The van der Waals surface area contributed by atoms with E-state index in [0.717, 1.165) is 13.1 Å². The zero-order valence-corrected chi connectivity index (χ0v) is 17.9. The molecule has 166 valence electrons. The van der Waals surface area contributed by atoms with Gasteiger partial charge in [0.15, 0.2) is 17.3 Å². The third kappa shape index (κ3) is 4.89. The number of aromatic nitrogens is 2. The molecule has 0 unspecified atom stereocenters. The SMILES string of the molecule is COc1ccc(NC(=O)c2ccc(Oc3nccnc3N3CCOCC3)cc2)cc1OC. The van der Waals surface area contributed by atoms with Crippen LogP contribution in [0.15, 0.2) is 54.9 Å². The van der Waals surface area contributed by atoms with Gasteiger partial charge in [-0.25, -0.2) is 9.97 Å². The van der Waals surface area contributed by atoms with Crippen LogP contribution in [0, 0.1) is 0 Å². The molecule has 0 atom stereocenters. The molecule has 0 bridgehead atoms. The first-order valence-electron chi connectivity index (χ1n) is 10.1. The van der Waals surface area contributed by atoms with E-state index in [1.807, 2.05) is 0 Å². The fourth-order valence-corrected chi connectivity index (χ4v) is 3.29. The van der Waals surface area contributed by atoms with Crippen LogP contribution in [0.25, 0.3) is 0 Å². The van der Waals surface area contributed by atoms with Gasteiger partial charge < -0.3 is 29.2 Å². The molecule has 3 aromatic rings. The van der Waals surface area contributed by atoms with Gasteiger partial charge in [0, 0.05) is 42.8 Å². The molecule has 0 saturated carbocycles. The van der Waals surface area contributed by atoms with Gasteiger partial charge >= 0.3 is 0 Å². The Morgan fingerprint density at radius 1 is 0.969 bits per heavy atom. The minimum Gasteiger partial charge on any atom is -0.493 e. The number of nitrogens with one attached hydrogen (secondary N) is 1. The second kappa shape index (κ2) is 9.97. The Kier molecular flexibility index (Phi) is 6.66. The average Bonchev–Trinajstić information content (AvgIpc) is 2.85. The zero-order valence-electron chi connectivity index (χ0n) is 17.9. The van der Waals surface area contributed by atoms with E-state index < -0.39 is 0 Å². The maximum absolute atomic E-state index is 12.6. The highest BCUT2D eigenvalue weighted by molar-refractivity contribution is 6.04. The number of rotatable bonds is 7. The highest BCUT2D eigenvalue weighted by Crippen LogP contribution is 2.31. The van der Waals surface area contributed by atoms with Crippen LogP contribution in [0.1, 0.15) is 10.4 Å². The van der Waals surface area contributed by atoms with Crippen LogP contribution in [0.3, 0.4) is 0 Å². The Morgan fingerprint density at radius 3 is 2.41 bits per heavy atom. The number of hydrogen-bond acceptors (Lipinski definition) is 8. The van der Waals surface area contributed by atoms with E-state index in [1.165, 1.54) is 0 Å². The standard InChI is InChI=1S/C23H24N4O5/c1-29-19-8-5-17(15-20(19)30-2)26-22(28)16-3-6-18(7-4-16)32-23-21(24-9-10-25-23)27-11-13-31-14-12-27/h3-10,15H,11-14H2,1-2H3,(H,26,28). The molecule has 1 N–H and O–H groups in total. The maximum Gasteiger partial charge on any atom is 0.263 e. The summed E-state index contributed by atoms with van der Waals surface area (Å²) >= 11 is 0. The van der Waals surface area contributed by atoms with Crippen molar-refractivity contribution in [2.75, 3.05) is 50.7 Å². The van der Waals surface area contributed by atoms with Crippen LogP contribution in [0.2, 0.25) is 0 Å². The summed E-state index contributed by atoms with van der Waals surface area (Å²) in [5, 5.41) is 2.85. The molecule has 2 aromatic carbocycles. The molecule has 9 heteroatoms. The van der Waals surface area contributed by atoms with Gasteiger partial charge in [0.25, 0.3) is 11.8 Å². The molecule has 1 aliphatic rings. The van der Waals surface area contributed by atoms with E-state index in [0.29, 0.717) is 53.4 Å². The summed E-state index contributed by atoms with van der Waals surface area (Å²) in [5.41, 5.74) is 1.09. The van der Waals surface area contributed by atoms with Gasteiger partial charge in [0.1, 0.15) is 5.75 Å². The van der Waals surface area contributed by atoms with Crippen molar-refractivity contribution in [2.24, 2.45) is 0 Å². The molecule has 1 amide bonds. The number of ether oxygens (including phenoxy) is 4. The summed E-state index contributed by atoms with van der Waals surface area (Å²) in [6.07, 6.45) is 3.23.